The molecule has 0 amide bonds. The van der Waals surface area contributed by atoms with Crippen molar-refractivity contribution in [3.05, 3.63) is 52.4 Å². The van der Waals surface area contributed by atoms with Gasteiger partial charge in [-0.05, 0) is 57.5 Å². The van der Waals surface area contributed by atoms with Gasteiger partial charge in [-0.15, -0.1) is 0 Å². The quantitative estimate of drug-likeness (QED) is 0.899. The Kier molecular flexibility index (Phi) is 5.13. The summed E-state index contributed by atoms with van der Waals surface area (Å²) < 4.78 is 0. The van der Waals surface area contributed by atoms with Gasteiger partial charge in [0.2, 0.25) is 0 Å². The molecule has 1 aliphatic heterocycles. The molecular formula is C18H23ClN4. The molecule has 1 aromatic carbocycles. The lowest BCUT2D eigenvalue weighted by atomic mass is 10.1. The van der Waals surface area contributed by atoms with Gasteiger partial charge in [-0.25, -0.2) is 4.98 Å². The Hall–Kier alpha value is -1.65. The summed E-state index contributed by atoms with van der Waals surface area (Å²) in [7, 11) is 0. The molecule has 2 heterocycles. The number of benzene rings is 1. The van der Waals surface area contributed by atoms with Gasteiger partial charge in [-0.3, -0.25) is 9.88 Å². The molecule has 1 atom stereocenters. The number of nitrogens with one attached hydrogen (secondary N) is 1. The van der Waals surface area contributed by atoms with Crippen LogP contribution in [0.1, 0.15) is 35.8 Å². The van der Waals surface area contributed by atoms with Crippen LogP contribution >= 0.6 is 11.6 Å². The molecule has 0 saturated carbocycles. The first kappa shape index (κ1) is 16.2. The van der Waals surface area contributed by atoms with Crippen LogP contribution in [0.5, 0.6) is 0 Å². The van der Waals surface area contributed by atoms with Crippen LogP contribution in [0.3, 0.4) is 0 Å². The highest BCUT2D eigenvalue weighted by Crippen LogP contribution is 2.26. The summed E-state index contributed by atoms with van der Waals surface area (Å²) in [4.78, 5) is 11.5. The zero-order valence-electron chi connectivity index (χ0n) is 13.7. The Balaban J connectivity index is 1.78. The Morgan fingerprint density at radius 1 is 1.17 bits per heavy atom. The molecule has 0 radical (unpaired) electrons. The van der Waals surface area contributed by atoms with Crippen LogP contribution in [-0.2, 0) is 0 Å². The topological polar surface area (TPSA) is 41.1 Å². The molecule has 1 aromatic heterocycles. The molecule has 3 rings (SSSR count). The molecule has 4 nitrogen and oxygen atoms in total. The van der Waals surface area contributed by atoms with E-state index >= 15 is 0 Å². The van der Waals surface area contributed by atoms with E-state index in [0.717, 1.165) is 41.9 Å². The third-order valence-corrected chi connectivity index (χ3v) is 4.63. The SMILES string of the molecule is Cc1cnc(C)c(NCC(c2ccc(Cl)cc2)N2CCCC2)n1. The zero-order valence-corrected chi connectivity index (χ0v) is 14.5. The Bertz CT molecular complexity index is 651. The Labute approximate surface area is 142 Å². The van der Waals surface area contributed by atoms with Crippen molar-refractivity contribution in [2.24, 2.45) is 0 Å². The molecule has 0 aliphatic carbocycles. The number of hydrogen-bond acceptors (Lipinski definition) is 4. The van der Waals surface area contributed by atoms with Crippen LogP contribution in [0.25, 0.3) is 0 Å². The van der Waals surface area contributed by atoms with Gasteiger partial charge in [-0.2, -0.15) is 0 Å². The molecule has 0 spiro atoms. The van der Waals surface area contributed by atoms with Crippen molar-refractivity contribution in [3.63, 3.8) is 0 Å². The highest BCUT2D eigenvalue weighted by atomic mass is 35.5. The van der Waals surface area contributed by atoms with Crippen molar-refractivity contribution < 1.29 is 0 Å². The summed E-state index contributed by atoms with van der Waals surface area (Å²) in [5.41, 5.74) is 3.16. The van der Waals surface area contributed by atoms with E-state index in [1.165, 1.54) is 18.4 Å². The molecule has 1 saturated heterocycles. The normalized spacial score (nSPS) is 16.5. The van der Waals surface area contributed by atoms with Crippen molar-refractivity contribution in [2.45, 2.75) is 32.7 Å². The molecular weight excluding hydrogens is 308 g/mol. The number of halogens is 1. The lowest BCUT2D eigenvalue weighted by Gasteiger charge is -2.28. The maximum Gasteiger partial charge on any atom is 0.147 e. The van der Waals surface area contributed by atoms with E-state index in [1.807, 2.05) is 26.0 Å². The maximum atomic E-state index is 6.04. The van der Waals surface area contributed by atoms with Gasteiger partial charge < -0.3 is 5.32 Å². The van der Waals surface area contributed by atoms with E-state index in [9.17, 15) is 0 Å². The third-order valence-electron chi connectivity index (χ3n) is 4.37. The monoisotopic (exact) mass is 330 g/mol. The molecule has 0 bridgehead atoms. The van der Waals surface area contributed by atoms with Crippen molar-refractivity contribution in [3.8, 4) is 0 Å². The minimum absolute atomic E-state index is 0.330. The molecule has 1 unspecified atom stereocenters. The summed E-state index contributed by atoms with van der Waals surface area (Å²) in [6.07, 6.45) is 4.35. The Morgan fingerprint density at radius 3 is 2.57 bits per heavy atom. The van der Waals surface area contributed by atoms with Gasteiger partial charge in [0, 0.05) is 17.8 Å². The predicted molar refractivity (Wildman–Crippen MR) is 95.0 cm³/mol. The minimum atomic E-state index is 0.330. The molecule has 1 N–H and O–H groups in total. The van der Waals surface area contributed by atoms with E-state index < -0.39 is 0 Å². The number of likely N-dealkylation sites (tertiary alicyclic amines) is 1. The van der Waals surface area contributed by atoms with Crippen LogP contribution in [0.2, 0.25) is 5.02 Å². The maximum absolute atomic E-state index is 6.04. The van der Waals surface area contributed by atoms with E-state index in [-0.39, 0.29) is 0 Å². The van der Waals surface area contributed by atoms with Gasteiger partial charge in [0.1, 0.15) is 5.82 Å². The van der Waals surface area contributed by atoms with Crippen LogP contribution in [0.4, 0.5) is 5.82 Å². The third kappa shape index (κ3) is 4.01. The van der Waals surface area contributed by atoms with E-state index in [2.05, 4.69) is 32.3 Å². The van der Waals surface area contributed by atoms with E-state index in [4.69, 9.17) is 11.6 Å². The van der Waals surface area contributed by atoms with Gasteiger partial charge in [0.05, 0.1) is 17.4 Å². The summed E-state index contributed by atoms with van der Waals surface area (Å²) >= 11 is 6.04. The fourth-order valence-electron chi connectivity index (χ4n) is 3.09. The summed E-state index contributed by atoms with van der Waals surface area (Å²) in [6, 6.07) is 8.52. The molecule has 1 fully saturated rings. The highest BCUT2D eigenvalue weighted by Gasteiger charge is 2.23. The second kappa shape index (κ2) is 7.28. The first-order valence-electron chi connectivity index (χ1n) is 8.17. The fraction of sp³-hybridized carbons (Fsp3) is 0.444. The number of hydrogen-bond donors (Lipinski definition) is 1. The van der Waals surface area contributed by atoms with Gasteiger partial charge in [0.15, 0.2) is 0 Å². The van der Waals surface area contributed by atoms with E-state index in [0.29, 0.717) is 6.04 Å². The average molecular weight is 331 g/mol. The van der Waals surface area contributed by atoms with Gasteiger partial charge in [-0.1, -0.05) is 23.7 Å². The van der Waals surface area contributed by atoms with Crippen LogP contribution in [0.15, 0.2) is 30.5 Å². The van der Waals surface area contributed by atoms with Crippen molar-refractivity contribution in [1.82, 2.24) is 14.9 Å². The zero-order chi connectivity index (χ0) is 16.2. The lowest BCUT2D eigenvalue weighted by Crippen LogP contribution is -2.31. The molecule has 122 valence electrons. The highest BCUT2D eigenvalue weighted by molar-refractivity contribution is 6.30. The second-order valence-corrected chi connectivity index (χ2v) is 6.57. The molecule has 5 heteroatoms. The van der Waals surface area contributed by atoms with Crippen molar-refractivity contribution in [2.75, 3.05) is 25.0 Å². The largest absolute Gasteiger partial charge is 0.367 e. The summed E-state index contributed by atoms with van der Waals surface area (Å²) in [6.45, 7) is 7.07. The minimum Gasteiger partial charge on any atom is -0.367 e. The Morgan fingerprint density at radius 2 is 1.87 bits per heavy atom. The molecule has 2 aromatic rings. The van der Waals surface area contributed by atoms with E-state index in [1.54, 1.807) is 6.20 Å². The number of nitrogens with zero attached hydrogens (tertiary/aromatic N) is 3. The smallest absolute Gasteiger partial charge is 0.147 e. The van der Waals surface area contributed by atoms with Crippen LogP contribution in [-0.4, -0.2) is 34.5 Å². The lowest BCUT2D eigenvalue weighted by molar-refractivity contribution is 0.256. The number of aromatic nitrogens is 2. The summed E-state index contributed by atoms with van der Waals surface area (Å²) in [5.74, 6) is 0.878. The fourth-order valence-corrected chi connectivity index (χ4v) is 3.22. The van der Waals surface area contributed by atoms with Gasteiger partial charge >= 0.3 is 0 Å². The molecule has 23 heavy (non-hydrogen) atoms. The predicted octanol–water partition coefficient (Wildman–Crippen LogP) is 4.00. The summed E-state index contributed by atoms with van der Waals surface area (Å²) in [5, 5.41) is 4.28. The number of anilines is 1. The average Bonchev–Trinajstić information content (AvgIpc) is 3.07. The molecule has 1 aliphatic rings. The second-order valence-electron chi connectivity index (χ2n) is 6.14. The standard InChI is InChI=1S/C18H23ClN4/c1-13-11-20-14(2)18(22-13)21-12-17(23-9-3-4-10-23)15-5-7-16(19)8-6-15/h5-8,11,17H,3-4,9-10,12H2,1-2H3,(H,21,22). The van der Waals surface area contributed by atoms with Crippen molar-refractivity contribution >= 4 is 17.4 Å². The number of aryl methyl sites for hydroxylation is 2. The first-order valence-corrected chi connectivity index (χ1v) is 8.55. The van der Waals surface area contributed by atoms with Crippen LogP contribution in [0, 0.1) is 13.8 Å². The number of rotatable bonds is 5. The van der Waals surface area contributed by atoms with Gasteiger partial charge in [0.25, 0.3) is 0 Å². The van der Waals surface area contributed by atoms with Crippen LogP contribution < -0.4 is 5.32 Å². The van der Waals surface area contributed by atoms with Crippen molar-refractivity contribution in [1.29, 1.82) is 0 Å². The first-order chi connectivity index (χ1) is 11.1.